The van der Waals surface area contributed by atoms with E-state index in [-0.39, 0.29) is 25.2 Å². The third-order valence-corrected chi connectivity index (χ3v) is 6.79. The van der Waals surface area contributed by atoms with Crippen LogP contribution < -0.4 is 0 Å². The van der Waals surface area contributed by atoms with Gasteiger partial charge in [-0.3, -0.25) is 14.8 Å². The van der Waals surface area contributed by atoms with E-state index < -0.39 is 17.9 Å². The number of rotatable bonds is 6. The van der Waals surface area contributed by atoms with Crippen molar-refractivity contribution in [3.63, 3.8) is 0 Å². The van der Waals surface area contributed by atoms with Crippen LogP contribution in [0, 0.1) is 0 Å². The smallest absolute Gasteiger partial charge is 0.253 e. The number of benzene rings is 1. The number of carbonyl (C=O) groups is 1. The fraction of sp³-hybridized carbons (Fsp3) is 0.375. The number of amides is 1. The lowest BCUT2D eigenvalue weighted by atomic mass is 9.78. The average Bonchev–Trinajstić information content (AvgIpc) is 3.23. The Hall–Kier alpha value is -2.31. The first-order valence-electron chi connectivity index (χ1n) is 10.5. The van der Waals surface area contributed by atoms with E-state index in [2.05, 4.69) is 9.98 Å². The molecule has 0 aliphatic carbocycles. The molecule has 0 radical (unpaired) electrons. The molecule has 1 fully saturated rings. The molecule has 32 heavy (non-hydrogen) atoms. The highest BCUT2D eigenvalue weighted by Crippen LogP contribution is 2.39. The quantitative estimate of drug-likeness (QED) is 0.526. The fourth-order valence-corrected chi connectivity index (χ4v) is 4.69. The predicted molar refractivity (Wildman–Crippen MR) is 123 cm³/mol. The zero-order valence-electron chi connectivity index (χ0n) is 17.4. The molecule has 1 aromatic carbocycles. The van der Waals surface area contributed by atoms with E-state index in [9.17, 15) is 9.18 Å². The third kappa shape index (κ3) is 5.02. The molecule has 1 aromatic heterocycles. The zero-order chi connectivity index (χ0) is 22.8. The highest BCUT2D eigenvalue weighted by atomic mass is 35.5. The molecule has 0 saturated carbocycles. The number of aliphatic imine (C=N–C) groups is 1. The van der Waals surface area contributed by atoms with Crippen molar-refractivity contribution in [1.29, 1.82) is 0 Å². The number of carbonyl (C=O) groups excluding carboxylic acids is 1. The van der Waals surface area contributed by atoms with Gasteiger partial charge in [-0.2, -0.15) is 0 Å². The number of hydrogen-bond acceptors (Lipinski definition) is 3. The lowest BCUT2D eigenvalue weighted by molar-refractivity contribution is 0.0322. The molecular weight excluding hydrogens is 455 g/mol. The number of allylic oxidation sites excluding steroid dienone is 1. The summed E-state index contributed by atoms with van der Waals surface area (Å²) in [6.45, 7) is -0.0426. The van der Waals surface area contributed by atoms with Gasteiger partial charge in [0.2, 0.25) is 0 Å². The van der Waals surface area contributed by atoms with Crippen LogP contribution in [-0.2, 0) is 13.1 Å². The summed E-state index contributed by atoms with van der Waals surface area (Å²) in [5, 5.41) is 0.694. The molecule has 0 bridgehead atoms. The van der Waals surface area contributed by atoms with Crippen LogP contribution in [0.1, 0.15) is 41.0 Å². The summed E-state index contributed by atoms with van der Waals surface area (Å²) in [4.78, 5) is 23.3. The summed E-state index contributed by atoms with van der Waals surface area (Å²) in [6, 6.07) is 9.94. The standard InChI is InChI=1S/C24H23Cl2F2N3O/c25-20-6-5-17(13-21(20)26)22(32)31-11-8-23(28,9-12-31)16-24(7-2-10-29-24)14-18-3-1-4-19(15-27)30-18/h1-7,10,13H,8-9,11-12,14-16H2. The number of halogens is 4. The zero-order valence-corrected chi connectivity index (χ0v) is 18.9. The number of alkyl halides is 2. The van der Waals surface area contributed by atoms with Crippen molar-refractivity contribution in [2.45, 2.75) is 43.6 Å². The molecule has 1 atom stereocenters. The van der Waals surface area contributed by atoms with Gasteiger partial charge in [0.05, 0.1) is 21.3 Å². The van der Waals surface area contributed by atoms with Crippen LogP contribution in [-0.4, -0.2) is 46.3 Å². The number of nitrogens with zero attached hydrogens (tertiary/aromatic N) is 3. The predicted octanol–water partition coefficient (Wildman–Crippen LogP) is 5.81. The van der Waals surface area contributed by atoms with Gasteiger partial charge in [0.15, 0.2) is 0 Å². The van der Waals surface area contributed by atoms with Gasteiger partial charge in [-0.25, -0.2) is 8.78 Å². The summed E-state index contributed by atoms with van der Waals surface area (Å²) in [6.07, 6.45) is 6.38. The molecule has 1 saturated heterocycles. The third-order valence-electron chi connectivity index (χ3n) is 6.05. The Labute approximate surface area is 196 Å². The molecular formula is C24H23Cl2F2N3O. The summed E-state index contributed by atoms with van der Waals surface area (Å²) < 4.78 is 28.9. The van der Waals surface area contributed by atoms with Crippen LogP contribution in [0.3, 0.4) is 0 Å². The van der Waals surface area contributed by atoms with Crippen molar-refractivity contribution in [2.75, 3.05) is 13.1 Å². The van der Waals surface area contributed by atoms with Crippen LogP contribution in [0.5, 0.6) is 0 Å². The second-order valence-corrected chi connectivity index (χ2v) is 9.23. The average molecular weight is 478 g/mol. The minimum atomic E-state index is -1.47. The molecule has 1 unspecified atom stereocenters. The molecule has 1 amide bonds. The van der Waals surface area contributed by atoms with Crippen molar-refractivity contribution >= 4 is 35.3 Å². The van der Waals surface area contributed by atoms with Crippen molar-refractivity contribution in [3.8, 4) is 0 Å². The van der Waals surface area contributed by atoms with Crippen LogP contribution in [0.15, 0.2) is 53.5 Å². The van der Waals surface area contributed by atoms with Crippen molar-refractivity contribution < 1.29 is 13.6 Å². The SMILES string of the molecule is O=C(c1ccc(Cl)c(Cl)c1)N1CCC(F)(CC2(Cc3cccc(CF)n3)C=CC=N2)CC1. The molecule has 3 heterocycles. The Kier molecular flexibility index (Phi) is 6.63. The highest BCUT2D eigenvalue weighted by Gasteiger charge is 2.44. The fourth-order valence-electron chi connectivity index (χ4n) is 4.39. The monoisotopic (exact) mass is 477 g/mol. The molecule has 4 nitrogen and oxygen atoms in total. The van der Waals surface area contributed by atoms with Gasteiger partial charge in [0.1, 0.15) is 12.3 Å². The maximum atomic E-state index is 15.9. The van der Waals surface area contributed by atoms with Gasteiger partial charge < -0.3 is 4.90 Å². The first kappa shape index (κ1) is 22.9. The summed E-state index contributed by atoms with van der Waals surface area (Å²) in [7, 11) is 0. The second-order valence-electron chi connectivity index (χ2n) is 8.42. The number of pyridine rings is 1. The number of aromatic nitrogens is 1. The molecule has 2 aromatic rings. The molecule has 0 N–H and O–H groups in total. The van der Waals surface area contributed by atoms with E-state index in [1.165, 1.54) is 6.07 Å². The van der Waals surface area contributed by atoms with Crippen LogP contribution in [0.2, 0.25) is 10.0 Å². The van der Waals surface area contributed by atoms with E-state index in [0.29, 0.717) is 46.5 Å². The number of likely N-dealkylation sites (tertiary alicyclic amines) is 1. The highest BCUT2D eigenvalue weighted by molar-refractivity contribution is 6.42. The minimum absolute atomic E-state index is 0.184. The van der Waals surface area contributed by atoms with Gasteiger partial charge in [-0.05, 0) is 49.2 Å². The lowest BCUT2D eigenvalue weighted by Gasteiger charge is -2.40. The Bertz CT molecular complexity index is 1050. The summed E-state index contributed by atoms with van der Waals surface area (Å²) in [5.41, 5.74) is -0.762. The number of piperidine rings is 1. The molecule has 168 valence electrons. The van der Waals surface area contributed by atoms with E-state index in [4.69, 9.17) is 23.2 Å². The van der Waals surface area contributed by atoms with Crippen LogP contribution >= 0.6 is 23.2 Å². The van der Waals surface area contributed by atoms with E-state index in [1.807, 2.05) is 18.2 Å². The Morgan fingerprint density at radius 3 is 2.50 bits per heavy atom. The van der Waals surface area contributed by atoms with Crippen LogP contribution in [0.4, 0.5) is 8.78 Å². The Morgan fingerprint density at radius 2 is 1.84 bits per heavy atom. The Morgan fingerprint density at radius 1 is 1.09 bits per heavy atom. The van der Waals surface area contributed by atoms with Crippen molar-refractivity contribution in [3.05, 3.63) is 75.5 Å². The largest absolute Gasteiger partial charge is 0.338 e. The van der Waals surface area contributed by atoms with Gasteiger partial charge in [0.25, 0.3) is 5.91 Å². The molecule has 4 rings (SSSR count). The normalized spacial score (nSPS) is 21.8. The molecule has 2 aliphatic rings. The Balaban J connectivity index is 1.43. The summed E-state index contributed by atoms with van der Waals surface area (Å²) >= 11 is 12.0. The van der Waals surface area contributed by atoms with Crippen molar-refractivity contribution in [1.82, 2.24) is 9.88 Å². The molecule has 0 spiro atoms. The summed E-state index contributed by atoms with van der Waals surface area (Å²) in [5.74, 6) is -0.189. The van der Waals surface area contributed by atoms with E-state index in [0.717, 1.165) is 0 Å². The second kappa shape index (κ2) is 9.28. The topological polar surface area (TPSA) is 45.6 Å². The van der Waals surface area contributed by atoms with Gasteiger partial charge in [0, 0.05) is 43.4 Å². The van der Waals surface area contributed by atoms with Gasteiger partial charge in [-0.15, -0.1) is 0 Å². The first-order valence-corrected chi connectivity index (χ1v) is 11.2. The van der Waals surface area contributed by atoms with Gasteiger partial charge in [-0.1, -0.05) is 35.3 Å². The maximum absolute atomic E-state index is 15.9. The molecule has 2 aliphatic heterocycles. The van der Waals surface area contributed by atoms with E-state index in [1.54, 1.807) is 35.4 Å². The van der Waals surface area contributed by atoms with E-state index >= 15 is 4.39 Å². The van der Waals surface area contributed by atoms with Crippen molar-refractivity contribution in [2.24, 2.45) is 4.99 Å². The number of hydrogen-bond donors (Lipinski definition) is 0. The maximum Gasteiger partial charge on any atom is 0.253 e. The minimum Gasteiger partial charge on any atom is -0.338 e. The molecule has 8 heteroatoms. The van der Waals surface area contributed by atoms with Crippen LogP contribution in [0.25, 0.3) is 0 Å². The first-order chi connectivity index (χ1) is 15.3. The van der Waals surface area contributed by atoms with Gasteiger partial charge >= 0.3 is 0 Å². The lowest BCUT2D eigenvalue weighted by Crippen LogP contribution is -2.48.